The normalized spacial score (nSPS) is 13.7. The highest BCUT2D eigenvalue weighted by Gasteiger charge is 2.24. The molecule has 2 aromatic rings. The fourth-order valence-corrected chi connectivity index (χ4v) is 2.78. The third kappa shape index (κ3) is 2.53. The number of amides is 1. The van der Waals surface area contributed by atoms with E-state index in [1.807, 2.05) is 48.2 Å². The molecule has 0 saturated carbocycles. The molecule has 3 heteroatoms. The van der Waals surface area contributed by atoms with Crippen molar-refractivity contribution in [1.29, 1.82) is 5.26 Å². The van der Waals surface area contributed by atoms with Gasteiger partial charge >= 0.3 is 0 Å². The number of para-hydroxylation sites is 1. The van der Waals surface area contributed by atoms with Crippen LogP contribution in [0.15, 0.2) is 42.5 Å². The zero-order chi connectivity index (χ0) is 14.8. The van der Waals surface area contributed by atoms with Crippen LogP contribution in [0.4, 0.5) is 5.69 Å². The maximum absolute atomic E-state index is 12.3. The predicted molar refractivity (Wildman–Crippen MR) is 81.8 cm³/mol. The van der Waals surface area contributed by atoms with Crippen molar-refractivity contribution in [2.24, 2.45) is 0 Å². The topological polar surface area (TPSA) is 44.1 Å². The Balaban J connectivity index is 1.95. The van der Waals surface area contributed by atoms with Crippen molar-refractivity contribution in [2.75, 3.05) is 4.90 Å². The van der Waals surface area contributed by atoms with Crippen molar-refractivity contribution < 1.29 is 4.79 Å². The van der Waals surface area contributed by atoms with Crippen molar-refractivity contribution in [3.63, 3.8) is 0 Å². The summed E-state index contributed by atoms with van der Waals surface area (Å²) in [4.78, 5) is 14.1. The molecule has 0 aromatic heterocycles. The van der Waals surface area contributed by atoms with Gasteiger partial charge in [0.15, 0.2) is 0 Å². The Labute approximate surface area is 124 Å². The van der Waals surface area contributed by atoms with Crippen LogP contribution in [-0.4, -0.2) is 5.91 Å². The van der Waals surface area contributed by atoms with Crippen LogP contribution in [-0.2, 0) is 17.8 Å². The number of nitrogens with zero attached hydrogens (tertiary/aromatic N) is 2. The molecule has 3 rings (SSSR count). The van der Waals surface area contributed by atoms with Gasteiger partial charge < -0.3 is 4.90 Å². The van der Waals surface area contributed by atoms with Crippen molar-refractivity contribution in [3.05, 3.63) is 64.7 Å². The number of carbonyl (C=O) groups excluding carboxylic acids is 1. The van der Waals surface area contributed by atoms with E-state index >= 15 is 0 Å². The molecule has 0 saturated heterocycles. The number of benzene rings is 2. The quantitative estimate of drug-likeness (QED) is 0.844. The Hall–Kier alpha value is -2.60. The summed E-state index contributed by atoms with van der Waals surface area (Å²) in [6.45, 7) is 2.55. The molecule has 1 heterocycles. The second-order valence-corrected chi connectivity index (χ2v) is 5.36. The highest BCUT2D eigenvalue weighted by atomic mass is 16.2. The van der Waals surface area contributed by atoms with Crippen molar-refractivity contribution in [3.8, 4) is 6.07 Å². The van der Waals surface area contributed by atoms with Gasteiger partial charge in [0.05, 0.1) is 18.2 Å². The Morgan fingerprint density at radius 2 is 2.00 bits per heavy atom. The summed E-state index contributed by atoms with van der Waals surface area (Å²) in [6.07, 6.45) is 1.38. The number of fused-ring (bicyclic) bond motifs is 1. The van der Waals surface area contributed by atoms with Crippen LogP contribution in [0.25, 0.3) is 0 Å². The molecule has 1 amide bonds. The molecule has 0 radical (unpaired) electrons. The van der Waals surface area contributed by atoms with Gasteiger partial charge in [0.2, 0.25) is 5.91 Å². The lowest BCUT2D eigenvalue weighted by Gasteiger charge is -2.30. The van der Waals surface area contributed by atoms with Crippen LogP contribution in [0.2, 0.25) is 0 Å². The molecule has 0 fully saturated rings. The Kier molecular flexibility index (Phi) is 3.45. The monoisotopic (exact) mass is 276 g/mol. The van der Waals surface area contributed by atoms with E-state index in [1.165, 1.54) is 5.56 Å². The highest BCUT2D eigenvalue weighted by molar-refractivity contribution is 5.96. The second kappa shape index (κ2) is 5.41. The summed E-state index contributed by atoms with van der Waals surface area (Å²) in [5.41, 5.74) is 5.02. The molecule has 0 unspecified atom stereocenters. The maximum Gasteiger partial charge on any atom is 0.227 e. The van der Waals surface area contributed by atoms with Gasteiger partial charge in [0.1, 0.15) is 0 Å². The predicted octanol–water partition coefficient (Wildman–Crippen LogP) is 3.35. The largest absolute Gasteiger partial charge is 0.308 e. The first kappa shape index (κ1) is 13.4. The molecule has 0 aliphatic carbocycles. The van der Waals surface area contributed by atoms with Gasteiger partial charge in [-0.2, -0.15) is 5.26 Å². The van der Waals surface area contributed by atoms with Crippen LogP contribution in [0.1, 0.15) is 28.7 Å². The minimum Gasteiger partial charge on any atom is -0.308 e. The molecule has 104 valence electrons. The van der Waals surface area contributed by atoms with E-state index in [1.54, 1.807) is 0 Å². The number of hydrogen-bond donors (Lipinski definition) is 0. The number of nitriles is 1. The van der Waals surface area contributed by atoms with E-state index in [0.29, 0.717) is 18.5 Å². The molecule has 21 heavy (non-hydrogen) atoms. The summed E-state index contributed by atoms with van der Waals surface area (Å²) >= 11 is 0. The second-order valence-electron chi connectivity index (χ2n) is 5.36. The molecule has 0 atom stereocenters. The summed E-state index contributed by atoms with van der Waals surface area (Å²) in [7, 11) is 0. The number of anilines is 1. The van der Waals surface area contributed by atoms with Gasteiger partial charge in [-0.15, -0.1) is 0 Å². The van der Waals surface area contributed by atoms with E-state index in [2.05, 4.69) is 12.1 Å². The third-order valence-corrected chi connectivity index (χ3v) is 3.99. The minimum absolute atomic E-state index is 0.164. The lowest BCUT2D eigenvalue weighted by atomic mass is 9.99. The molecule has 0 bridgehead atoms. The number of carbonyl (C=O) groups is 1. The summed E-state index contributed by atoms with van der Waals surface area (Å²) in [5.74, 6) is 0.164. The van der Waals surface area contributed by atoms with Gasteiger partial charge in [-0.25, -0.2) is 0 Å². The molecule has 3 nitrogen and oxygen atoms in total. The lowest BCUT2D eigenvalue weighted by molar-refractivity contribution is -0.119. The summed E-state index contributed by atoms with van der Waals surface area (Å²) in [6, 6.07) is 15.8. The van der Waals surface area contributed by atoms with Gasteiger partial charge in [-0.05, 0) is 48.2 Å². The SMILES string of the molecule is Cc1cc(C#N)ccc1CN1C(=O)CCc2ccccc21. The molecule has 1 aliphatic rings. The Bertz CT molecular complexity index is 743. The average Bonchev–Trinajstić information content (AvgIpc) is 2.51. The molecule has 2 aromatic carbocycles. The zero-order valence-corrected chi connectivity index (χ0v) is 12.0. The smallest absolute Gasteiger partial charge is 0.227 e. The first-order valence-electron chi connectivity index (χ1n) is 7.07. The van der Waals surface area contributed by atoms with E-state index in [4.69, 9.17) is 5.26 Å². The minimum atomic E-state index is 0.164. The maximum atomic E-state index is 12.3. The van der Waals surface area contributed by atoms with Crippen LogP contribution >= 0.6 is 0 Å². The van der Waals surface area contributed by atoms with Crippen molar-refractivity contribution in [2.45, 2.75) is 26.3 Å². The molecule has 0 N–H and O–H groups in total. The number of hydrogen-bond acceptors (Lipinski definition) is 2. The summed E-state index contributed by atoms with van der Waals surface area (Å²) < 4.78 is 0. The summed E-state index contributed by atoms with van der Waals surface area (Å²) in [5, 5.41) is 8.93. The third-order valence-electron chi connectivity index (χ3n) is 3.99. The molecular weight excluding hydrogens is 260 g/mol. The Morgan fingerprint density at radius 3 is 2.76 bits per heavy atom. The number of aryl methyl sites for hydroxylation is 2. The van der Waals surface area contributed by atoms with Crippen molar-refractivity contribution >= 4 is 11.6 Å². The molecule has 0 spiro atoms. The van der Waals surface area contributed by atoms with Crippen LogP contribution in [0.3, 0.4) is 0 Å². The van der Waals surface area contributed by atoms with Gasteiger partial charge in [-0.3, -0.25) is 4.79 Å². The molecular formula is C18H16N2O. The lowest BCUT2D eigenvalue weighted by Crippen LogP contribution is -2.34. The van der Waals surface area contributed by atoms with Crippen molar-refractivity contribution in [1.82, 2.24) is 0 Å². The van der Waals surface area contributed by atoms with Crippen LogP contribution < -0.4 is 4.90 Å². The fourth-order valence-electron chi connectivity index (χ4n) is 2.78. The first-order chi connectivity index (χ1) is 10.2. The van der Waals surface area contributed by atoms with E-state index in [0.717, 1.165) is 23.2 Å². The van der Waals surface area contributed by atoms with Gasteiger partial charge in [0, 0.05) is 12.1 Å². The van der Waals surface area contributed by atoms with E-state index in [-0.39, 0.29) is 5.91 Å². The van der Waals surface area contributed by atoms with Gasteiger partial charge in [0.25, 0.3) is 0 Å². The standard InChI is InChI=1S/C18H16N2O/c1-13-10-14(11-19)6-7-16(13)12-20-17-5-3-2-4-15(17)8-9-18(20)21/h2-7,10H,8-9,12H2,1H3. The fraction of sp³-hybridized carbons (Fsp3) is 0.222. The van der Waals surface area contributed by atoms with E-state index < -0.39 is 0 Å². The van der Waals surface area contributed by atoms with Crippen LogP contribution in [0.5, 0.6) is 0 Å². The Morgan fingerprint density at radius 1 is 1.19 bits per heavy atom. The van der Waals surface area contributed by atoms with E-state index in [9.17, 15) is 4.79 Å². The number of rotatable bonds is 2. The van der Waals surface area contributed by atoms with Gasteiger partial charge in [-0.1, -0.05) is 24.3 Å². The molecule has 1 aliphatic heterocycles. The average molecular weight is 276 g/mol. The van der Waals surface area contributed by atoms with Crippen LogP contribution in [0, 0.1) is 18.3 Å². The highest BCUT2D eigenvalue weighted by Crippen LogP contribution is 2.29. The zero-order valence-electron chi connectivity index (χ0n) is 12.0. The first-order valence-corrected chi connectivity index (χ1v) is 7.07.